The van der Waals surface area contributed by atoms with Crippen molar-refractivity contribution in [3.63, 3.8) is 0 Å². The molecule has 27 heavy (non-hydrogen) atoms. The van der Waals surface area contributed by atoms with E-state index in [1.807, 2.05) is 11.8 Å². The average molecular weight is 411 g/mol. The molecule has 1 amide bonds. The van der Waals surface area contributed by atoms with Crippen LogP contribution in [0.5, 0.6) is 0 Å². The number of carbonyl (C=O) groups excluding carboxylic acids is 1. The van der Waals surface area contributed by atoms with Crippen molar-refractivity contribution in [2.45, 2.75) is 12.5 Å². The van der Waals surface area contributed by atoms with Crippen molar-refractivity contribution < 1.29 is 13.9 Å². The number of thiocarbonyl (C=S) groups is 1. The number of rotatable bonds is 4. The lowest BCUT2D eigenvalue weighted by atomic mass is 10.2. The summed E-state index contributed by atoms with van der Waals surface area (Å²) in [5.74, 6) is 1.72. The molecule has 0 aromatic heterocycles. The van der Waals surface area contributed by atoms with E-state index in [2.05, 4.69) is 15.1 Å². The van der Waals surface area contributed by atoms with Gasteiger partial charge in [0.15, 0.2) is 5.11 Å². The molecular weight excluding hydrogens is 387 g/mol. The predicted molar refractivity (Wildman–Crippen MR) is 110 cm³/mol. The van der Waals surface area contributed by atoms with Crippen molar-refractivity contribution in [3.8, 4) is 0 Å². The van der Waals surface area contributed by atoms with Crippen LogP contribution < -0.4 is 15.1 Å². The van der Waals surface area contributed by atoms with E-state index in [0.29, 0.717) is 29.6 Å². The number of likely N-dealkylation sites (tertiary alicyclic amines) is 1. The first-order valence-corrected chi connectivity index (χ1v) is 10.8. The number of amides is 1. The van der Waals surface area contributed by atoms with E-state index >= 15 is 0 Å². The quantitative estimate of drug-likeness (QED) is 0.764. The summed E-state index contributed by atoms with van der Waals surface area (Å²) in [4.78, 5) is 17.8. The van der Waals surface area contributed by atoms with Crippen molar-refractivity contribution >= 4 is 46.6 Å². The van der Waals surface area contributed by atoms with Crippen LogP contribution in [0, 0.1) is 5.82 Å². The molecule has 4 rings (SSSR count). The maximum absolute atomic E-state index is 14.6. The second-order valence-corrected chi connectivity index (χ2v) is 8.49. The predicted octanol–water partition coefficient (Wildman–Crippen LogP) is 2.28. The Balaban J connectivity index is 1.37. The van der Waals surface area contributed by atoms with Crippen LogP contribution in [-0.4, -0.2) is 73.0 Å². The van der Waals surface area contributed by atoms with Crippen LogP contribution >= 0.6 is 24.0 Å². The Hall–Kier alpha value is -1.74. The van der Waals surface area contributed by atoms with Gasteiger partial charge in [-0.25, -0.2) is 9.18 Å². The van der Waals surface area contributed by atoms with Gasteiger partial charge in [0, 0.05) is 37.7 Å². The number of hydrogen-bond donors (Lipinski definition) is 1. The minimum absolute atomic E-state index is 0.298. The Morgan fingerprint density at radius 1 is 1.30 bits per heavy atom. The lowest BCUT2D eigenvalue weighted by Gasteiger charge is -2.33. The van der Waals surface area contributed by atoms with Gasteiger partial charge in [0.05, 0.1) is 24.5 Å². The van der Waals surface area contributed by atoms with Crippen LogP contribution in [0.2, 0.25) is 0 Å². The molecule has 0 radical (unpaired) electrons. The van der Waals surface area contributed by atoms with Gasteiger partial charge < -0.3 is 19.9 Å². The first-order valence-electron chi connectivity index (χ1n) is 9.25. The summed E-state index contributed by atoms with van der Waals surface area (Å²) >= 11 is 7.20. The van der Waals surface area contributed by atoms with Gasteiger partial charge in [-0.1, -0.05) is 0 Å². The van der Waals surface area contributed by atoms with E-state index in [0.717, 1.165) is 44.1 Å². The number of halogens is 1. The van der Waals surface area contributed by atoms with Crippen LogP contribution in [0.1, 0.15) is 6.42 Å². The zero-order chi connectivity index (χ0) is 18.8. The number of hydrogen-bond acceptors (Lipinski definition) is 5. The Morgan fingerprint density at radius 3 is 2.74 bits per heavy atom. The van der Waals surface area contributed by atoms with Crippen LogP contribution in [0.3, 0.4) is 0 Å². The van der Waals surface area contributed by atoms with Crippen molar-refractivity contribution in [3.05, 3.63) is 24.0 Å². The summed E-state index contributed by atoms with van der Waals surface area (Å²) in [7, 11) is 0. The minimum Gasteiger partial charge on any atom is -0.442 e. The van der Waals surface area contributed by atoms with E-state index in [9.17, 15) is 9.18 Å². The molecular formula is C18H23FN4O2S2. The third-order valence-electron chi connectivity index (χ3n) is 5.09. The standard InChI is InChI=1S/C18H23FN4O2S2/c19-15-10-13(2-3-16(15)21-6-8-27-9-7-21)23-12-14(25-18(23)24)11-20-17(26)22-4-1-5-22/h2-3,10,14H,1,4-9,11-12H2,(H,20,26). The maximum Gasteiger partial charge on any atom is 0.414 e. The fourth-order valence-electron chi connectivity index (χ4n) is 3.40. The Morgan fingerprint density at radius 2 is 2.07 bits per heavy atom. The van der Waals surface area contributed by atoms with Crippen molar-refractivity contribution in [2.24, 2.45) is 0 Å². The number of cyclic esters (lactones) is 1. The van der Waals surface area contributed by atoms with E-state index in [4.69, 9.17) is 17.0 Å². The maximum atomic E-state index is 14.6. The largest absolute Gasteiger partial charge is 0.442 e. The molecule has 0 spiro atoms. The van der Waals surface area contributed by atoms with Gasteiger partial charge >= 0.3 is 6.09 Å². The smallest absolute Gasteiger partial charge is 0.414 e. The number of nitrogens with one attached hydrogen (secondary N) is 1. The summed E-state index contributed by atoms with van der Waals surface area (Å²) in [6.45, 7) is 4.49. The van der Waals surface area contributed by atoms with Gasteiger partial charge in [0.1, 0.15) is 11.9 Å². The molecule has 3 aliphatic rings. The highest BCUT2D eigenvalue weighted by Gasteiger charge is 2.33. The molecule has 3 saturated heterocycles. The van der Waals surface area contributed by atoms with Crippen molar-refractivity contribution in [1.82, 2.24) is 10.2 Å². The molecule has 1 unspecified atom stereocenters. The summed E-state index contributed by atoms with van der Waals surface area (Å²) < 4.78 is 20.0. The molecule has 3 fully saturated rings. The van der Waals surface area contributed by atoms with E-state index < -0.39 is 6.09 Å². The minimum atomic E-state index is -0.446. The molecule has 9 heteroatoms. The zero-order valence-electron chi connectivity index (χ0n) is 15.0. The van der Waals surface area contributed by atoms with Crippen LogP contribution in [0.4, 0.5) is 20.6 Å². The lowest BCUT2D eigenvalue weighted by Crippen LogP contribution is -2.49. The zero-order valence-corrected chi connectivity index (χ0v) is 16.7. The van der Waals surface area contributed by atoms with Gasteiger partial charge in [-0.05, 0) is 36.8 Å². The third kappa shape index (κ3) is 4.08. The van der Waals surface area contributed by atoms with Gasteiger partial charge in [-0.2, -0.15) is 11.8 Å². The number of nitrogens with zero attached hydrogens (tertiary/aromatic N) is 3. The van der Waals surface area contributed by atoms with E-state index in [1.54, 1.807) is 12.1 Å². The average Bonchev–Trinajstić information content (AvgIpc) is 3.00. The first kappa shape index (κ1) is 18.6. The van der Waals surface area contributed by atoms with Gasteiger partial charge in [-0.15, -0.1) is 0 Å². The fourth-order valence-corrected chi connectivity index (χ4v) is 4.56. The lowest BCUT2D eigenvalue weighted by molar-refractivity contribution is 0.142. The first-order chi connectivity index (χ1) is 13.1. The highest BCUT2D eigenvalue weighted by Crippen LogP contribution is 2.29. The van der Waals surface area contributed by atoms with Gasteiger partial charge in [0.25, 0.3) is 0 Å². The summed E-state index contributed by atoms with van der Waals surface area (Å²) in [5, 5.41) is 3.85. The third-order valence-corrected chi connectivity index (χ3v) is 6.44. The molecule has 0 aliphatic carbocycles. The highest BCUT2D eigenvalue weighted by atomic mass is 32.2. The van der Waals surface area contributed by atoms with Crippen molar-refractivity contribution in [1.29, 1.82) is 0 Å². The van der Waals surface area contributed by atoms with Crippen LogP contribution in [-0.2, 0) is 4.74 Å². The molecule has 1 aromatic carbocycles. The molecule has 0 bridgehead atoms. The number of benzene rings is 1. The number of carbonyl (C=O) groups is 1. The normalized spacial score (nSPS) is 22.5. The SMILES string of the molecule is O=C1OC(CNC(=S)N2CCC2)CN1c1ccc(N2CCSCC2)c(F)c1. The van der Waals surface area contributed by atoms with Crippen molar-refractivity contribution in [2.75, 3.05) is 60.6 Å². The topological polar surface area (TPSA) is 48.1 Å². The Bertz CT molecular complexity index is 725. The van der Waals surface area contributed by atoms with E-state index in [-0.39, 0.29) is 11.9 Å². The summed E-state index contributed by atoms with van der Waals surface area (Å²) in [5.41, 5.74) is 1.13. The summed E-state index contributed by atoms with van der Waals surface area (Å²) in [6, 6.07) is 4.99. The Kier molecular flexibility index (Phi) is 5.58. The number of anilines is 2. The molecule has 1 aromatic rings. The molecule has 3 aliphatic heterocycles. The van der Waals surface area contributed by atoms with Crippen LogP contribution in [0.15, 0.2) is 18.2 Å². The highest BCUT2D eigenvalue weighted by molar-refractivity contribution is 7.99. The second-order valence-electron chi connectivity index (χ2n) is 6.88. The Labute approximate surface area is 168 Å². The molecule has 6 nitrogen and oxygen atoms in total. The molecule has 1 atom stereocenters. The fraction of sp³-hybridized carbons (Fsp3) is 0.556. The molecule has 146 valence electrons. The van der Waals surface area contributed by atoms with Gasteiger partial charge in [0.2, 0.25) is 0 Å². The number of thioether (sulfide) groups is 1. The van der Waals surface area contributed by atoms with Gasteiger partial charge in [-0.3, -0.25) is 4.90 Å². The van der Waals surface area contributed by atoms with E-state index in [1.165, 1.54) is 11.0 Å². The molecule has 0 saturated carbocycles. The number of ether oxygens (including phenoxy) is 1. The molecule has 1 N–H and O–H groups in total. The summed E-state index contributed by atoms with van der Waals surface area (Å²) in [6.07, 6.45) is 0.406. The molecule has 3 heterocycles. The monoisotopic (exact) mass is 410 g/mol. The second kappa shape index (κ2) is 8.10. The van der Waals surface area contributed by atoms with Crippen LogP contribution in [0.25, 0.3) is 0 Å².